The average Bonchev–Trinajstić information content (AvgIpc) is 2.85. The molecule has 0 saturated heterocycles. The highest BCUT2D eigenvalue weighted by molar-refractivity contribution is 6.06. The highest BCUT2D eigenvalue weighted by Crippen LogP contribution is 2.14. The average molecular weight is 428 g/mol. The predicted octanol–water partition coefficient (Wildman–Crippen LogP) is 5.23. The van der Waals surface area contributed by atoms with E-state index in [0.717, 1.165) is 16.9 Å². The molecule has 3 rings (SSSR count). The lowest BCUT2D eigenvalue weighted by molar-refractivity contribution is -0.138. The lowest BCUT2D eigenvalue weighted by Crippen LogP contribution is -2.10. The van der Waals surface area contributed by atoms with Crippen LogP contribution in [0.4, 0.5) is 0 Å². The quantitative estimate of drug-likeness (QED) is 0.192. The summed E-state index contributed by atoms with van der Waals surface area (Å²) >= 11 is 0. The fourth-order valence-corrected chi connectivity index (χ4v) is 2.77. The molecular weight excluding hydrogens is 404 g/mol. The Morgan fingerprint density at radius 1 is 0.719 bits per heavy atom. The fourth-order valence-electron chi connectivity index (χ4n) is 2.77. The van der Waals surface area contributed by atoms with Crippen molar-refractivity contribution in [1.29, 1.82) is 0 Å². The highest BCUT2D eigenvalue weighted by Gasteiger charge is 2.01. The molecule has 0 atom stereocenters. The molecule has 3 aromatic rings. The maximum Gasteiger partial charge on any atom is 0.330 e. The van der Waals surface area contributed by atoms with Gasteiger partial charge in [-0.05, 0) is 47.5 Å². The van der Waals surface area contributed by atoms with E-state index >= 15 is 0 Å². The summed E-state index contributed by atoms with van der Waals surface area (Å²) in [7, 11) is 1.60. The molecular formula is C27H24O5. The molecule has 0 bridgehead atoms. The van der Waals surface area contributed by atoms with E-state index in [1.165, 1.54) is 6.08 Å². The van der Waals surface area contributed by atoms with Gasteiger partial charge < -0.3 is 14.2 Å². The van der Waals surface area contributed by atoms with Gasteiger partial charge in [0.25, 0.3) is 0 Å². The first kappa shape index (κ1) is 22.6. The van der Waals surface area contributed by atoms with Gasteiger partial charge in [0.1, 0.15) is 24.7 Å². The summed E-state index contributed by atoms with van der Waals surface area (Å²) in [6.45, 7) is 0.378. The van der Waals surface area contributed by atoms with Crippen molar-refractivity contribution in [3.05, 3.63) is 108 Å². The van der Waals surface area contributed by atoms with Crippen LogP contribution in [0.5, 0.6) is 11.5 Å². The van der Waals surface area contributed by atoms with Crippen molar-refractivity contribution in [2.45, 2.75) is 0 Å². The molecule has 0 unspecified atom stereocenters. The van der Waals surface area contributed by atoms with E-state index in [0.29, 0.717) is 11.3 Å². The summed E-state index contributed by atoms with van der Waals surface area (Å²) in [5.41, 5.74) is 2.41. The number of carbonyl (C=O) groups is 2. The molecule has 3 aromatic carbocycles. The maximum atomic E-state index is 12.1. The van der Waals surface area contributed by atoms with Crippen molar-refractivity contribution in [2.75, 3.05) is 20.3 Å². The number of ketones is 1. The van der Waals surface area contributed by atoms with E-state index in [2.05, 4.69) is 0 Å². The van der Waals surface area contributed by atoms with Crippen LogP contribution in [0.15, 0.2) is 91.0 Å². The third kappa shape index (κ3) is 7.29. The molecule has 0 fully saturated rings. The van der Waals surface area contributed by atoms with E-state index in [1.54, 1.807) is 49.6 Å². The Morgan fingerprint density at radius 2 is 1.31 bits per heavy atom. The minimum absolute atomic E-state index is 0.0474. The Bertz CT molecular complexity index is 1070. The third-order valence-electron chi connectivity index (χ3n) is 4.49. The Kier molecular flexibility index (Phi) is 8.40. The lowest BCUT2D eigenvalue weighted by Gasteiger charge is -2.06. The molecule has 0 saturated carbocycles. The van der Waals surface area contributed by atoms with Crippen LogP contribution in [0.2, 0.25) is 0 Å². The summed E-state index contributed by atoms with van der Waals surface area (Å²) < 4.78 is 15.8. The number of allylic oxidation sites excluding steroid dienone is 1. The number of hydrogen-bond acceptors (Lipinski definition) is 5. The molecule has 0 spiro atoms. The normalized spacial score (nSPS) is 10.9. The van der Waals surface area contributed by atoms with Gasteiger partial charge in [-0.25, -0.2) is 4.79 Å². The van der Waals surface area contributed by atoms with Crippen LogP contribution < -0.4 is 9.47 Å². The summed E-state index contributed by atoms with van der Waals surface area (Å²) in [5.74, 6) is 0.926. The molecule has 162 valence electrons. The molecule has 0 radical (unpaired) electrons. The number of methoxy groups -OCH3 is 1. The first-order chi connectivity index (χ1) is 15.6. The van der Waals surface area contributed by atoms with Gasteiger partial charge in [-0.3, -0.25) is 4.79 Å². The fraction of sp³-hybridized carbons (Fsp3) is 0.111. The van der Waals surface area contributed by atoms with Crippen LogP contribution in [-0.2, 0) is 9.53 Å². The van der Waals surface area contributed by atoms with Crippen molar-refractivity contribution in [1.82, 2.24) is 0 Å². The first-order valence-electron chi connectivity index (χ1n) is 10.1. The zero-order valence-corrected chi connectivity index (χ0v) is 17.8. The minimum Gasteiger partial charge on any atom is -0.497 e. The van der Waals surface area contributed by atoms with Gasteiger partial charge in [0.05, 0.1) is 7.11 Å². The molecule has 5 nitrogen and oxygen atoms in total. The van der Waals surface area contributed by atoms with Gasteiger partial charge in [-0.1, -0.05) is 60.7 Å². The zero-order valence-electron chi connectivity index (χ0n) is 17.8. The van der Waals surface area contributed by atoms with Crippen LogP contribution in [0.3, 0.4) is 0 Å². The van der Waals surface area contributed by atoms with E-state index in [4.69, 9.17) is 14.2 Å². The van der Waals surface area contributed by atoms with Gasteiger partial charge >= 0.3 is 5.97 Å². The van der Waals surface area contributed by atoms with Crippen molar-refractivity contribution >= 4 is 23.9 Å². The van der Waals surface area contributed by atoms with Crippen LogP contribution >= 0.6 is 0 Å². The maximum absolute atomic E-state index is 12.1. The number of hydrogen-bond donors (Lipinski definition) is 0. The molecule has 0 heterocycles. The smallest absolute Gasteiger partial charge is 0.330 e. The molecule has 0 aliphatic heterocycles. The zero-order chi connectivity index (χ0) is 22.6. The van der Waals surface area contributed by atoms with Gasteiger partial charge in [-0.15, -0.1) is 0 Å². The van der Waals surface area contributed by atoms with Crippen LogP contribution in [0, 0.1) is 0 Å². The monoisotopic (exact) mass is 428 g/mol. The Hall–Kier alpha value is -4.12. The highest BCUT2D eigenvalue weighted by atomic mass is 16.6. The van der Waals surface area contributed by atoms with Crippen LogP contribution in [-0.4, -0.2) is 32.1 Å². The van der Waals surface area contributed by atoms with Crippen LogP contribution in [0.25, 0.3) is 12.2 Å². The number of esters is 1. The van der Waals surface area contributed by atoms with Crippen molar-refractivity contribution in [3.8, 4) is 11.5 Å². The molecule has 0 aliphatic rings. The number of rotatable bonds is 10. The summed E-state index contributed by atoms with van der Waals surface area (Å²) in [5, 5.41) is 0. The number of carbonyl (C=O) groups excluding carboxylic acids is 2. The molecule has 0 aromatic heterocycles. The second-order valence-electron chi connectivity index (χ2n) is 6.76. The van der Waals surface area contributed by atoms with E-state index in [-0.39, 0.29) is 19.0 Å². The molecule has 0 N–H and O–H groups in total. The minimum atomic E-state index is -0.437. The SMILES string of the molecule is COc1ccc(/C=C/C(=O)OCCOc2ccc(/C=C\C(=O)c3ccccc3)cc2)cc1. The molecule has 0 aliphatic carbocycles. The third-order valence-corrected chi connectivity index (χ3v) is 4.49. The standard InChI is InChI=1S/C27H24O5/c1-30-24-13-7-22(8-14-24)12-18-27(29)32-20-19-31-25-15-9-21(10-16-25)11-17-26(28)23-5-3-2-4-6-23/h2-18H,19-20H2,1H3/b17-11-,18-12+. The summed E-state index contributed by atoms with van der Waals surface area (Å²) in [4.78, 5) is 23.9. The van der Waals surface area contributed by atoms with Crippen molar-refractivity contribution < 1.29 is 23.8 Å². The predicted molar refractivity (Wildman–Crippen MR) is 125 cm³/mol. The van der Waals surface area contributed by atoms with E-state index in [1.807, 2.05) is 54.6 Å². The van der Waals surface area contributed by atoms with Gasteiger partial charge in [0, 0.05) is 11.6 Å². The second kappa shape index (κ2) is 11.9. The lowest BCUT2D eigenvalue weighted by atomic mass is 10.1. The Morgan fingerprint density at radius 3 is 1.94 bits per heavy atom. The van der Waals surface area contributed by atoms with Crippen molar-refractivity contribution in [3.63, 3.8) is 0 Å². The second-order valence-corrected chi connectivity index (χ2v) is 6.76. The van der Waals surface area contributed by atoms with Crippen molar-refractivity contribution in [2.24, 2.45) is 0 Å². The van der Waals surface area contributed by atoms with Gasteiger partial charge in [-0.2, -0.15) is 0 Å². The number of ether oxygens (including phenoxy) is 3. The largest absolute Gasteiger partial charge is 0.497 e. The summed E-state index contributed by atoms with van der Waals surface area (Å²) in [6, 6.07) is 23.8. The number of benzene rings is 3. The molecule has 5 heteroatoms. The van der Waals surface area contributed by atoms with Gasteiger partial charge in [0.15, 0.2) is 5.78 Å². The summed E-state index contributed by atoms with van der Waals surface area (Å²) in [6.07, 6.45) is 6.36. The van der Waals surface area contributed by atoms with Crippen LogP contribution in [0.1, 0.15) is 21.5 Å². The van der Waals surface area contributed by atoms with E-state index < -0.39 is 5.97 Å². The molecule has 32 heavy (non-hydrogen) atoms. The Balaban J connectivity index is 1.38. The Labute approximate surface area is 187 Å². The topological polar surface area (TPSA) is 61.8 Å². The van der Waals surface area contributed by atoms with Gasteiger partial charge in [0.2, 0.25) is 0 Å². The molecule has 0 amide bonds. The first-order valence-corrected chi connectivity index (χ1v) is 10.1. The van der Waals surface area contributed by atoms with E-state index in [9.17, 15) is 9.59 Å².